The molecule has 1 heterocycles. The molecule has 11 heteroatoms. The summed E-state index contributed by atoms with van der Waals surface area (Å²) in [5, 5.41) is 3.27. The lowest BCUT2D eigenvalue weighted by Crippen LogP contribution is -2.21. The minimum absolute atomic E-state index is 0.137. The first-order valence-corrected chi connectivity index (χ1v) is 10.2. The number of thiazole rings is 1. The zero-order valence-electron chi connectivity index (χ0n) is 15.7. The van der Waals surface area contributed by atoms with Crippen LogP contribution in [0.5, 0.6) is 0 Å². The van der Waals surface area contributed by atoms with E-state index in [0.717, 1.165) is 23.5 Å². The standard InChI is InChI=1S/C20H13Cl2F3N2O3S/c1-10-17(31-18(26-10)11-5-7-12(8-6-11)20(23,24)25)19(29)30-9-15(28)27-16-13(21)3-2-4-14(16)22/h2-8H,9H2,1H3,(H,27,28). The van der Waals surface area contributed by atoms with Gasteiger partial charge in [0.05, 0.1) is 27.0 Å². The number of carbonyl (C=O) groups is 2. The van der Waals surface area contributed by atoms with Crippen LogP contribution >= 0.6 is 34.5 Å². The Morgan fingerprint density at radius 2 is 1.71 bits per heavy atom. The fraction of sp³-hybridized carbons (Fsp3) is 0.150. The molecule has 0 saturated carbocycles. The van der Waals surface area contributed by atoms with Crippen molar-refractivity contribution in [2.75, 3.05) is 11.9 Å². The van der Waals surface area contributed by atoms with Gasteiger partial charge in [0.15, 0.2) is 6.61 Å². The van der Waals surface area contributed by atoms with Crippen LogP contribution < -0.4 is 5.32 Å². The van der Waals surface area contributed by atoms with Gasteiger partial charge in [0.1, 0.15) is 9.88 Å². The Labute approximate surface area is 188 Å². The molecule has 2 aromatic carbocycles. The van der Waals surface area contributed by atoms with Gasteiger partial charge >= 0.3 is 12.1 Å². The maximum Gasteiger partial charge on any atom is 0.416 e. The molecule has 0 fully saturated rings. The zero-order chi connectivity index (χ0) is 22.8. The molecular weight excluding hydrogens is 476 g/mol. The van der Waals surface area contributed by atoms with Crippen molar-refractivity contribution in [3.05, 3.63) is 68.6 Å². The molecule has 0 aliphatic rings. The van der Waals surface area contributed by atoms with Crippen molar-refractivity contribution in [2.24, 2.45) is 0 Å². The predicted molar refractivity (Wildman–Crippen MR) is 113 cm³/mol. The van der Waals surface area contributed by atoms with E-state index in [-0.39, 0.29) is 20.6 Å². The number of nitrogens with zero attached hydrogens (tertiary/aromatic N) is 1. The number of benzene rings is 2. The molecule has 31 heavy (non-hydrogen) atoms. The lowest BCUT2D eigenvalue weighted by atomic mass is 10.1. The predicted octanol–water partition coefficient (Wildman–Crippen LogP) is 6.24. The van der Waals surface area contributed by atoms with Crippen LogP contribution in [0, 0.1) is 6.92 Å². The van der Waals surface area contributed by atoms with E-state index in [4.69, 9.17) is 27.9 Å². The minimum Gasteiger partial charge on any atom is -0.451 e. The molecule has 0 unspecified atom stereocenters. The average molecular weight is 489 g/mol. The lowest BCUT2D eigenvalue weighted by molar-refractivity contribution is -0.137. The van der Waals surface area contributed by atoms with Crippen LogP contribution in [0.25, 0.3) is 10.6 Å². The van der Waals surface area contributed by atoms with Crippen molar-refractivity contribution in [1.29, 1.82) is 0 Å². The molecule has 5 nitrogen and oxygen atoms in total. The average Bonchev–Trinajstić information content (AvgIpc) is 3.10. The summed E-state index contributed by atoms with van der Waals surface area (Å²) < 4.78 is 43.1. The van der Waals surface area contributed by atoms with Gasteiger partial charge in [-0.3, -0.25) is 4.79 Å². The number of anilines is 1. The second kappa shape index (κ2) is 9.25. The number of alkyl halides is 3. The van der Waals surface area contributed by atoms with Crippen molar-refractivity contribution in [1.82, 2.24) is 4.98 Å². The normalized spacial score (nSPS) is 11.3. The van der Waals surface area contributed by atoms with Gasteiger partial charge < -0.3 is 10.1 Å². The van der Waals surface area contributed by atoms with Gasteiger partial charge in [-0.25, -0.2) is 9.78 Å². The van der Waals surface area contributed by atoms with Crippen LogP contribution in [-0.2, 0) is 15.7 Å². The first-order valence-electron chi connectivity index (χ1n) is 8.62. The Bertz CT molecular complexity index is 1110. The smallest absolute Gasteiger partial charge is 0.416 e. The number of hydrogen-bond acceptors (Lipinski definition) is 5. The van der Waals surface area contributed by atoms with Gasteiger partial charge in [-0.05, 0) is 31.2 Å². The summed E-state index contributed by atoms with van der Waals surface area (Å²) in [6.45, 7) is 0.970. The fourth-order valence-corrected chi connectivity index (χ4v) is 3.96. The van der Waals surface area contributed by atoms with Crippen molar-refractivity contribution >= 4 is 52.1 Å². The van der Waals surface area contributed by atoms with Crippen molar-refractivity contribution in [3.8, 4) is 10.6 Å². The van der Waals surface area contributed by atoms with E-state index < -0.39 is 30.2 Å². The van der Waals surface area contributed by atoms with Crippen molar-refractivity contribution < 1.29 is 27.5 Å². The molecule has 0 bridgehead atoms. The summed E-state index contributed by atoms with van der Waals surface area (Å²) in [5.41, 5.74) is 0.171. The molecule has 0 saturated heterocycles. The number of nitrogens with one attached hydrogen (secondary N) is 1. The van der Waals surface area contributed by atoms with Crippen LogP contribution in [0.3, 0.4) is 0 Å². The van der Waals surface area contributed by atoms with E-state index in [1.54, 1.807) is 25.1 Å². The second-order valence-electron chi connectivity index (χ2n) is 6.23. The number of carbonyl (C=O) groups excluding carboxylic acids is 2. The monoisotopic (exact) mass is 488 g/mol. The number of esters is 1. The number of aromatic nitrogens is 1. The minimum atomic E-state index is -4.44. The highest BCUT2D eigenvalue weighted by Gasteiger charge is 2.30. The third kappa shape index (κ3) is 5.55. The van der Waals surface area contributed by atoms with E-state index >= 15 is 0 Å². The number of para-hydroxylation sites is 1. The maximum absolute atomic E-state index is 12.7. The highest BCUT2D eigenvalue weighted by molar-refractivity contribution is 7.17. The van der Waals surface area contributed by atoms with Crippen LogP contribution in [-0.4, -0.2) is 23.5 Å². The van der Waals surface area contributed by atoms with Crippen LogP contribution in [0.2, 0.25) is 10.0 Å². The Morgan fingerprint density at radius 3 is 2.29 bits per heavy atom. The van der Waals surface area contributed by atoms with Crippen molar-refractivity contribution in [3.63, 3.8) is 0 Å². The topological polar surface area (TPSA) is 68.3 Å². The summed E-state index contributed by atoms with van der Waals surface area (Å²) in [4.78, 5) is 28.8. The molecule has 3 rings (SSSR count). The van der Waals surface area contributed by atoms with E-state index in [0.29, 0.717) is 16.3 Å². The zero-order valence-corrected chi connectivity index (χ0v) is 18.0. The first-order chi connectivity index (χ1) is 14.6. The Balaban J connectivity index is 1.66. The first kappa shape index (κ1) is 23.1. The number of halogens is 5. The van der Waals surface area contributed by atoms with Gasteiger partial charge in [0, 0.05) is 5.56 Å². The molecule has 0 spiro atoms. The third-order valence-corrected chi connectivity index (χ3v) is 5.82. The molecular formula is C20H13Cl2F3N2O3S. The second-order valence-corrected chi connectivity index (χ2v) is 8.04. The third-order valence-electron chi connectivity index (χ3n) is 4.00. The number of ether oxygens (including phenoxy) is 1. The molecule has 0 aliphatic heterocycles. The van der Waals surface area contributed by atoms with Gasteiger partial charge in [0.25, 0.3) is 5.91 Å². The quantitative estimate of drug-likeness (QED) is 0.431. The maximum atomic E-state index is 12.7. The number of rotatable bonds is 5. The number of aryl methyl sites for hydroxylation is 1. The van der Waals surface area contributed by atoms with E-state index in [9.17, 15) is 22.8 Å². The molecule has 3 aromatic rings. The van der Waals surface area contributed by atoms with Gasteiger partial charge in [0.2, 0.25) is 0 Å². The van der Waals surface area contributed by atoms with Crippen LogP contribution in [0.15, 0.2) is 42.5 Å². The van der Waals surface area contributed by atoms with Gasteiger partial charge in [-0.15, -0.1) is 11.3 Å². The molecule has 1 amide bonds. The summed E-state index contributed by atoms with van der Waals surface area (Å²) in [7, 11) is 0. The summed E-state index contributed by atoms with van der Waals surface area (Å²) >= 11 is 12.9. The van der Waals surface area contributed by atoms with Gasteiger partial charge in [-0.1, -0.05) is 41.4 Å². The Hall–Kier alpha value is -2.62. The van der Waals surface area contributed by atoms with Gasteiger partial charge in [-0.2, -0.15) is 13.2 Å². The Morgan fingerprint density at radius 1 is 1.10 bits per heavy atom. The summed E-state index contributed by atoms with van der Waals surface area (Å²) in [5.74, 6) is -1.43. The van der Waals surface area contributed by atoms with E-state index in [2.05, 4.69) is 10.3 Å². The summed E-state index contributed by atoms with van der Waals surface area (Å²) in [6.07, 6.45) is -4.44. The summed E-state index contributed by atoms with van der Waals surface area (Å²) in [6, 6.07) is 9.12. The highest BCUT2D eigenvalue weighted by Crippen LogP contribution is 2.33. The molecule has 1 N–H and O–H groups in total. The SMILES string of the molecule is Cc1nc(-c2ccc(C(F)(F)F)cc2)sc1C(=O)OCC(=O)Nc1c(Cl)cccc1Cl. The van der Waals surface area contributed by atoms with Crippen LogP contribution in [0.1, 0.15) is 20.9 Å². The molecule has 0 atom stereocenters. The Kier molecular flexibility index (Phi) is 6.88. The molecule has 0 aliphatic carbocycles. The number of hydrogen-bond donors (Lipinski definition) is 1. The highest BCUT2D eigenvalue weighted by atomic mass is 35.5. The van der Waals surface area contributed by atoms with Crippen molar-refractivity contribution in [2.45, 2.75) is 13.1 Å². The van der Waals surface area contributed by atoms with E-state index in [1.165, 1.54) is 12.1 Å². The molecule has 162 valence electrons. The van der Waals surface area contributed by atoms with Crippen LogP contribution in [0.4, 0.5) is 18.9 Å². The molecule has 1 aromatic heterocycles. The number of amides is 1. The van der Waals surface area contributed by atoms with E-state index in [1.807, 2.05) is 0 Å². The molecule has 0 radical (unpaired) electrons. The fourth-order valence-electron chi connectivity index (χ4n) is 2.50. The largest absolute Gasteiger partial charge is 0.451 e. The lowest BCUT2D eigenvalue weighted by Gasteiger charge is -2.09.